The van der Waals surface area contributed by atoms with E-state index in [1.807, 2.05) is 78.4 Å². The monoisotopic (exact) mass is 431 g/mol. The van der Waals surface area contributed by atoms with Crippen molar-refractivity contribution in [1.29, 1.82) is 0 Å². The zero-order valence-electron chi connectivity index (χ0n) is 17.2. The van der Waals surface area contributed by atoms with Crippen LogP contribution in [0.15, 0.2) is 77.7 Å². The van der Waals surface area contributed by atoms with E-state index in [0.29, 0.717) is 16.8 Å². The standard InChI is InChI=1S/C24H21N3O3S/c1-16-25-20-14-17(12-13-21(20)27(16)18-8-4-3-5-9-18)24(29)30-15-23(28)26-19-10-6-7-11-22(19)31-2/h3-14H,15H2,1-2H3,(H,26,28). The summed E-state index contributed by atoms with van der Waals surface area (Å²) in [7, 11) is 0. The lowest BCUT2D eigenvalue weighted by atomic mass is 10.2. The Morgan fingerprint density at radius 2 is 1.77 bits per heavy atom. The Hall–Kier alpha value is -3.58. The number of thioether (sulfide) groups is 1. The van der Waals surface area contributed by atoms with E-state index in [4.69, 9.17) is 4.74 Å². The van der Waals surface area contributed by atoms with Crippen molar-refractivity contribution in [2.45, 2.75) is 11.8 Å². The lowest BCUT2D eigenvalue weighted by molar-refractivity contribution is -0.119. The minimum Gasteiger partial charge on any atom is -0.452 e. The third-order valence-corrected chi connectivity index (χ3v) is 5.58. The van der Waals surface area contributed by atoms with Crippen LogP contribution in [0.4, 0.5) is 5.69 Å². The summed E-state index contributed by atoms with van der Waals surface area (Å²) in [6, 6.07) is 22.6. The topological polar surface area (TPSA) is 73.2 Å². The van der Waals surface area contributed by atoms with Crippen LogP contribution in [0, 0.1) is 6.92 Å². The maximum absolute atomic E-state index is 12.5. The van der Waals surface area contributed by atoms with E-state index >= 15 is 0 Å². The normalized spacial score (nSPS) is 10.8. The number of amides is 1. The molecule has 0 aliphatic carbocycles. The highest BCUT2D eigenvalue weighted by molar-refractivity contribution is 7.98. The summed E-state index contributed by atoms with van der Waals surface area (Å²) in [4.78, 5) is 30.2. The van der Waals surface area contributed by atoms with Gasteiger partial charge in [0.2, 0.25) is 0 Å². The SMILES string of the molecule is CSc1ccccc1NC(=O)COC(=O)c1ccc2c(c1)nc(C)n2-c1ccccc1. The van der Waals surface area contributed by atoms with Gasteiger partial charge >= 0.3 is 5.97 Å². The lowest BCUT2D eigenvalue weighted by Crippen LogP contribution is -2.21. The molecule has 0 spiro atoms. The number of aromatic nitrogens is 2. The minimum atomic E-state index is -0.567. The van der Waals surface area contributed by atoms with Crippen molar-refractivity contribution < 1.29 is 14.3 Å². The number of hydrogen-bond donors (Lipinski definition) is 1. The van der Waals surface area contributed by atoms with Crippen molar-refractivity contribution in [2.24, 2.45) is 0 Å². The van der Waals surface area contributed by atoms with Crippen molar-refractivity contribution in [1.82, 2.24) is 9.55 Å². The summed E-state index contributed by atoms with van der Waals surface area (Å²) < 4.78 is 7.24. The van der Waals surface area contributed by atoms with Crippen LogP contribution in [0.2, 0.25) is 0 Å². The Kier molecular flexibility index (Phi) is 6.04. The quantitative estimate of drug-likeness (QED) is 0.349. The second kappa shape index (κ2) is 9.06. The highest BCUT2D eigenvalue weighted by Crippen LogP contribution is 2.25. The fraction of sp³-hybridized carbons (Fsp3) is 0.125. The van der Waals surface area contributed by atoms with Crippen molar-refractivity contribution in [3.63, 3.8) is 0 Å². The maximum atomic E-state index is 12.5. The molecule has 31 heavy (non-hydrogen) atoms. The van der Waals surface area contributed by atoms with Gasteiger partial charge in [-0.25, -0.2) is 9.78 Å². The van der Waals surface area contributed by atoms with Crippen molar-refractivity contribution in [2.75, 3.05) is 18.2 Å². The molecule has 1 heterocycles. The summed E-state index contributed by atoms with van der Waals surface area (Å²) in [5, 5.41) is 2.77. The molecule has 0 bridgehead atoms. The van der Waals surface area contributed by atoms with Gasteiger partial charge in [0.05, 0.1) is 22.3 Å². The molecule has 3 aromatic carbocycles. The Labute approximate surface area is 184 Å². The summed E-state index contributed by atoms with van der Waals surface area (Å²) >= 11 is 1.53. The van der Waals surface area contributed by atoms with Crippen LogP contribution in [0.3, 0.4) is 0 Å². The van der Waals surface area contributed by atoms with Gasteiger partial charge in [0.25, 0.3) is 5.91 Å². The molecule has 0 aliphatic rings. The molecule has 156 valence electrons. The van der Waals surface area contributed by atoms with Crippen LogP contribution in [0.25, 0.3) is 16.7 Å². The van der Waals surface area contributed by atoms with Crippen LogP contribution in [0.1, 0.15) is 16.2 Å². The summed E-state index contributed by atoms with van der Waals surface area (Å²) in [5.41, 5.74) is 3.63. The Balaban J connectivity index is 1.46. The van der Waals surface area contributed by atoms with Crippen LogP contribution in [-0.2, 0) is 9.53 Å². The van der Waals surface area contributed by atoms with Gasteiger partial charge in [-0.3, -0.25) is 9.36 Å². The number of esters is 1. The number of rotatable bonds is 6. The van der Waals surface area contributed by atoms with E-state index in [1.54, 1.807) is 12.1 Å². The molecule has 4 aromatic rings. The number of fused-ring (bicyclic) bond motifs is 1. The van der Waals surface area contributed by atoms with Crippen molar-refractivity contribution >= 4 is 40.4 Å². The zero-order valence-corrected chi connectivity index (χ0v) is 18.0. The number of carbonyl (C=O) groups excluding carboxylic acids is 2. The number of carbonyl (C=O) groups is 2. The third-order valence-electron chi connectivity index (χ3n) is 4.79. The molecular formula is C24H21N3O3S. The molecule has 0 atom stereocenters. The first-order chi connectivity index (χ1) is 15.1. The molecule has 0 fully saturated rings. The maximum Gasteiger partial charge on any atom is 0.338 e. The van der Waals surface area contributed by atoms with Gasteiger partial charge in [-0.15, -0.1) is 11.8 Å². The number of para-hydroxylation sites is 2. The smallest absolute Gasteiger partial charge is 0.338 e. The van der Waals surface area contributed by atoms with Gasteiger partial charge < -0.3 is 10.1 Å². The van der Waals surface area contributed by atoms with Gasteiger partial charge in [-0.2, -0.15) is 0 Å². The number of anilines is 1. The predicted molar refractivity (Wildman–Crippen MR) is 123 cm³/mol. The first kappa shape index (κ1) is 20.7. The second-order valence-corrected chi connectivity index (χ2v) is 7.71. The van der Waals surface area contributed by atoms with E-state index < -0.39 is 5.97 Å². The molecule has 1 aromatic heterocycles. The van der Waals surface area contributed by atoms with Gasteiger partial charge in [0.1, 0.15) is 5.82 Å². The Morgan fingerprint density at radius 1 is 1.03 bits per heavy atom. The van der Waals surface area contributed by atoms with Crippen molar-refractivity contribution in [3.05, 3.63) is 84.2 Å². The largest absolute Gasteiger partial charge is 0.452 e. The van der Waals surface area contributed by atoms with Crippen LogP contribution in [-0.4, -0.2) is 34.3 Å². The fourth-order valence-corrected chi connectivity index (χ4v) is 3.93. The van der Waals surface area contributed by atoms with E-state index in [0.717, 1.165) is 21.9 Å². The minimum absolute atomic E-state index is 0.350. The molecule has 0 aliphatic heterocycles. The summed E-state index contributed by atoms with van der Waals surface area (Å²) in [6.07, 6.45) is 1.93. The van der Waals surface area contributed by atoms with Crippen LogP contribution >= 0.6 is 11.8 Å². The molecular weight excluding hydrogens is 410 g/mol. The number of benzene rings is 3. The highest BCUT2D eigenvalue weighted by atomic mass is 32.2. The van der Waals surface area contributed by atoms with Gasteiger partial charge in [-0.1, -0.05) is 30.3 Å². The number of ether oxygens (including phenoxy) is 1. The number of nitrogens with one attached hydrogen (secondary N) is 1. The van der Waals surface area contributed by atoms with Gasteiger partial charge in [0.15, 0.2) is 6.61 Å². The van der Waals surface area contributed by atoms with Crippen molar-refractivity contribution in [3.8, 4) is 5.69 Å². The van der Waals surface area contributed by atoms with E-state index in [2.05, 4.69) is 10.3 Å². The first-order valence-corrected chi connectivity index (χ1v) is 10.9. The predicted octanol–water partition coefficient (Wildman–Crippen LogP) is 4.85. The molecule has 0 saturated heterocycles. The lowest BCUT2D eigenvalue weighted by Gasteiger charge is -2.10. The van der Waals surface area contributed by atoms with Gasteiger partial charge in [-0.05, 0) is 55.6 Å². The molecule has 1 N–H and O–H groups in total. The number of aryl methyl sites for hydroxylation is 1. The average Bonchev–Trinajstić information content (AvgIpc) is 3.13. The van der Waals surface area contributed by atoms with Crippen LogP contribution < -0.4 is 5.32 Å². The molecule has 6 nitrogen and oxygen atoms in total. The highest BCUT2D eigenvalue weighted by Gasteiger charge is 2.15. The van der Waals surface area contributed by atoms with E-state index in [1.165, 1.54) is 11.8 Å². The molecule has 0 saturated carbocycles. The summed E-state index contributed by atoms with van der Waals surface area (Å²) in [6.45, 7) is 1.55. The average molecular weight is 432 g/mol. The number of nitrogens with zero attached hydrogens (tertiary/aromatic N) is 2. The Bertz CT molecular complexity index is 1250. The third kappa shape index (κ3) is 4.46. The first-order valence-electron chi connectivity index (χ1n) is 9.71. The molecule has 0 radical (unpaired) electrons. The van der Waals surface area contributed by atoms with Crippen LogP contribution in [0.5, 0.6) is 0 Å². The van der Waals surface area contributed by atoms with E-state index in [9.17, 15) is 9.59 Å². The zero-order chi connectivity index (χ0) is 21.8. The van der Waals surface area contributed by atoms with E-state index in [-0.39, 0.29) is 12.5 Å². The summed E-state index contributed by atoms with van der Waals surface area (Å²) in [5.74, 6) is -0.138. The molecule has 7 heteroatoms. The number of imidazole rings is 1. The number of hydrogen-bond acceptors (Lipinski definition) is 5. The Morgan fingerprint density at radius 3 is 2.55 bits per heavy atom. The molecule has 4 rings (SSSR count). The molecule has 0 unspecified atom stereocenters. The fourth-order valence-electron chi connectivity index (χ4n) is 3.38. The van der Waals surface area contributed by atoms with Gasteiger partial charge in [0, 0.05) is 10.6 Å². The second-order valence-electron chi connectivity index (χ2n) is 6.86. The molecule has 1 amide bonds.